The van der Waals surface area contributed by atoms with Crippen molar-refractivity contribution in [2.24, 2.45) is 7.05 Å². The summed E-state index contributed by atoms with van der Waals surface area (Å²) in [6.45, 7) is 0.345. The largest absolute Gasteiger partial charge is 0.331 e. The van der Waals surface area contributed by atoms with Crippen LogP contribution in [-0.4, -0.2) is 23.9 Å². The molecule has 0 radical (unpaired) electrons. The van der Waals surface area contributed by atoms with Crippen molar-refractivity contribution < 1.29 is 0 Å². The van der Waals surface area contributed by atoms with E-state index in [1.54, 1.807) is 9.13 Å². The van der Waals surface area contributed by atoms with Gasteiger partial charge in [-0.2, -0.15) is 5.10 Å². The van der Waals surface area contributed by atoms with Crippen LogP contribution >= 0.6 is 12.2 Å². The summed E-state index contributed by atoms with van der Waals surface area (Å²) in [5.74, 6) is 0.704. The number of fused-ring (bicyclic) bond motifs is 1. The summed E-state index contributed by atoms with van der Waals surface area (Å²) in [5, 5.41) is 7.01. The molecule has 1 N–H and O–H groups in total. The van der Waals surface area contributed by atoms with E-state index in [0.29, 0.717) is 17.1 Å². The molecule has 2 aromatic rings. The van der Waals surface area contributed by atoms with Crippen LogP contribution in [0.5, 0.6) is 0 Å². The molecular weight excluding hydrogens is 338 g/mol. The summed E-state index contributed by atoms with van der Waals surface area (Å²) in [6, 6.07) is 0.0355. The van der Waals surface area contributed by atoms with E-state index in [1.807, 2.05) is 7.05 Å². The fourth-order valence-electron chi connectivity index (χ4n) is 4.22. The predicted molar refractivity (Wildman–Crippen MR) is 96.6 cm³/mol. The summed E-state index contributed by atoms with van der Waals surface area (Å²) in [6.07, 6.45) is 7.66. The van der Waals surface area contributed by atoms with E-state index in [0.717, 1.165) is 56.2 Å². The Morgan fingerprint density at radius 3 is 2.60 bits per heavy atom. The lowest BCUT2D eigenvalue weighted by Gasteiger charge is -2.25. The number of nitrogens with zero attached hydrogens (tertiary/aromatic N) is 4. The topological polar surface area (TPSA) is 77.6 Å². The molecule has 0 spiro atoms. The van der Waals surface area contributed by atoms with Gasteiger partial charge in [0, 0.05) is 24.3 Å². The van der Waals surface area contributed by atoms with Crippen molar-refractivity contribution >= 4 is 12.2 Å². The Bertz CT molecular complexity index is 974. The Balaban J connectivity index is 1.87. The fourth-order valence-corrected chi connectivity index (χ4v) is 4.37. The summed E-state index contributed by atoms with van der Waals surface area (Å²) in [4.78, 5) is 26.2. The molecule has 0 aromatic carbocycles. The number of aromatic amines is 1. The van der Waals surface area contributed by atoms with Gasteiger partial charge >= 0.3 is 5.69 Å². The Hall–Kier alpha value is -1.96. The Labute approximate surface area is 150 Å². The number of rotatable bonds is 3. The molecule has 0 unspecified atom stereocenters. The quantitative estimate of drug-likeness (QED) is 0.847. The molecular formula is C17H23N5O2S. The van der Waals surface area contributed by atoms with Crippen molar-refractivity contribution in [3.05, 3.63) is 42.7 Å². The Morgan fingerprint density at radius 2 is 1.92 bits per heavy atom. The van der Waals surface area contributed by atoms with E-state index in [9.17, 15) is 9.59 Å². The summed E-state index contributed by atoms with van der Waals surface area (Å²) >= 11 is 5.17. The second kappa shape index (κ2) is 6.40. The van der Waals surface area contributed by atoms with Crippen LogP contribution in [0.1, 0.15) is 61.6 Å². The molecule has 0 aliphatic heterocycles. The van der Waals surface area contributed by atoms with Crippen molar-refractivity contribution in [3.63, 3.8) is 0 Å². The van der Waals surface area contributed by atoms with Gasteiger partial charge in [-0.1, -0.05) is 19.3 Å². The van der Waals surface area contributed by atoms with E-state index in [-0.39, 0.29) is 17.3 Å². The standard InChI is InChI=1S/C17H23N5O2S/c1-20-14(18-19-16(20)25)10-21-13-9-5-8-12(13)15(23)22(17(21)24)11-6-3-2-4-7-11/h11H,2-10H2,1H3,(H,19,25). The smallest absolute Gasteiger partial charge is 0.306 e. The molecule has 25 heavy (non-hydrogen) atoms. The first-order valence-electron chi connectivity index (χ1n) is 9.05. The van der Waals surface area contributed by atoms with Gasteiger partial charge < -0.3 is 4.57 Å². The SMILES string of the molecule is Cn1c(Cn2c3c(c(=O)n(C4CCCCC4)c2=O)CCC3)n[nH]c1=S. The number of H-pyrrole nitrogens is 1. The lowest BCUT2D eigenvalue weighted by atomic mass is 9.95. The maximum atomic E-state index is 13.2. The first-order chi connectivity index (χ1) is 12.1. The molecule has 0 saturated heterocycles. The van der Waals surface area contributed by atoms with Crippen molar-refractivity contribution in [1.29, 1.82) is 0 Å². The van der Waals surface area contributed by atoms with Crippen molar-refractivity contribution in [3.8, 4) is 0 Å². The molecule has 0 amide bonds. The highest BCUT2D eigenvalue weighted by Gasteiger charge is 2.27. The number of hydrogen-bond donors (Lipinski definition) is 1. The Kier molecular flexibility index (Phi) is 4.23. The maximum Gasteiger partial charge on any atom is 0.331 e. The van der Waals surface area contributed by atoms with E-state index in [4.69, 9.17) is 12.2 Å². The van der Waals surface area contributed by atoms with Gasteiger partial charge in [-0.3, -0.25) is 19.0 Å². The molecule has 2 aromatic heterocycles. The van der Waals surface area contributed by atoms with Crippen molar-refractivity contribution in [1.82, 2.24) is 23.9 Å². The van der Waals surface area contributed by atoms with Gasteiger partial charge in [0.15, 0.2) is 10.6 Å². The molecule has 0 bridgehead atoms. The molecule has 1 saturated carbocycles. The minimum atomic E-state index is -0.188. The third-order valence-electron chi connectivity index (χ3n) is 5.64. The van der Waals surface area contributed by atoms with Gasteiger partial charge in [0.05, 0.1) is 6.54 Å². The normalized spacial score (nSPS) is 17.8. The zero-order valence-electron chi connectivity index (χ0n) is 14.5. The molecule has 1 fully saturated rings. The van der Waals surface area contributed by atoms with Gasteiger partial charge in [0.25, 0.3) is 5.56 Å². The van der Waals surface area contributed by atoms with Gasteiger partial charge in [-0.25, -0.2) is 4.79 Å². The summed E-state index contributed by atoms with van der Waals surface area (Å²) < 4.78 is 5.59. The van der Waals surface area contributed by atoms with E-state index in [1.165, 1.54) is 11.0 Å². The van der Waals surface area contributed by atoms with E-state index < -0.39 is 0 Å². The maximum absolute atomic E-state index is 13.2. The van der Waals surface area contributed by atoms with Crippen LogP contribution in [0.3, 0.4) is 0 Å². The lowest BCUT2D eigenvalue weighted by Crippen LogP contribution is -2.45. The highest BCUT2D eigenvalue weighted by atomic mass is 32.1. The average molecular weight is 361 g/mol. The summed E-state index contributed by atoms with van der Waals surface area (Å²) in [7, 11) is 1.84. The third-order valence-corrected chi connectivity index (χ3v) is 6.01. The zero-order valence-corrected chi connectivity index (χ0v) is 15.3. The first-order valence-corrected chi connectivity index (χ1v) is 9.46. The predicted octanol–water partition coefficient (Wildman–Crippen LogP) is 1.84. The minimum Gasteiger partial charge on any atom is -0.306 e. The summed E-state index contributed by atoms with van der Waals surface area (Å²) in [5.41, 5.74) is 1.46. The molecule has 2 aliphatic carbocycles. The van der Waals surface area contributed by atoms with Crippen LogP contribution in [0, 0.1) is 4.77 Å². The van der Waals surface area contributed by atoms with Crippen LogP contribution < -0.4 is 11.2 Å². The molecule has 8 heteroatoms. The first kappa shape index (κ1) is 16.5. The molecule has 2 heterocycles. The second-order valence-corrected chi connectivity index (χ2v) is 7.51. The van der Waals surface area contributed by atoms with Crippen molar-refractivity contribution in [2.45, 2.75) is 64.0 Å². The average Bonchev–Trinajstić information content (AvgIpc) is 3.22. The number of hydrogen-bond acceptors (Lipinski definition) is 4. The van der Waals surface area contributed by atoms with Gasteiger partial charge in [0.2, 0.25) is 0 Å². The molecule has 134 valence electrons. The van der Waals surface area contributed by atoms with E-state index >= 15 is 0 Å². The number of aromatic nitrogens is 5. The third kappa shape index (κ3) is 2.72. The fraction of sp³-hybridized carbons (Fsp3) is 0.647. The van der Waals surface area contributed by atoms with Gasteiger partial charge in [0.1, 0.15) is 0 Å². The monoisotopic (exact) mass is 361 g/mol. The molecule has 2 aliphatic rings. The van der Waals surface area contributed by atoms with Crippen LogP contribution in [0.25, 0.3) is 0 Å². The molecule has 4 rings (SSSR count). The van der Waals surface area contributed by atoms with Crippen molar-refractivity contribution in [2.75, 3.05) is 0 Å². The lowest BCUT2D eigenvalue weighted by molar-refractivity contribution is 0.327. The molecule has 7 nitrogen and oxygen atoms in total. The Morgan fingerprint density at radius 1 is 1.16 bits per heavy atom. The van der Waals surface area contributed by atoms with Crippen LogP contribution in [0.2, 0.25) is 0 Å². The number of nitrogens with one attached hydrogen (secondary N) is 1. The minimum absolute atomic E-state index is 0.0355. The van der Waals surface area contributed by atoms with Gasteiger partial charge in [-0.15, -0.1) is 0 Å². The second-order valence-electron chi connectivity index (χ2n) is 7.12. The zero-order chi connectivity index (χ0) is 17.6. The van der Waals surface area contributed by atoms with Crippen LogP contribution in [-0.2, 0) is 26.4 Å². The van der Waals surface area contributed by atoms with E-state index in [2.05, 4.69) is 10.2 Å². The highest BCUT2D eigenvalue weighted by Crippen LogP contribution is 2.27. The molecule has 0 atom stereocenters. The highest BCUT2D eigenvalue weighted by molar-refractivity contribution is 7.71. The van der Waals surface area contributed by atoms with Gasteiger partial charge in [-0.05, 0) is 44.3 Å². The van der Waals surface area contributed by atoms with Crippen LogP contribution in [0.4, 0.5) is 0 Å². The van der Waals surface area contributed by atoms with Crippen LogP contribution in [0.15, 0.2) is 9.59 Å².